The van der Waals surface area contributed by atoms with Gasteiger partial charge < -0.3 is 14.5 Å². The van der Waals surface area contributed by atoms with Gasteiger partial charge in [0.1, 0.15) is 0 Å². The Morgan fingerprint density at radius 3 is 2.47 bits per heavy atom. The van der Waals surface area contributed by atoms with Crippen LogP contribution in [0, 0.1) is 0 Å². The number of aliphatic hydroxyl groups excluding tert-OH is 1. The summed E-state index contributed by atoms with van der Waals surface area (Å²) in [7, 11) is 1.82. The van der Waals surface area contributed by atoms with Crippen LogP contribution in [0.1, 0.15) is 33.6 Å². The first-order valence-corrected chi connectivity index (χ1v) is 5.04. The van der Waals surface area contributed by atoms with Gasteiger partial charge in [-0.05, 0) is 12.1 Å². The Bertz CT molecular complexity index is 315. The van der Waals surface area contributed by atoms with Crippen molar-refractivity contribution in [2.24, 2.45) is 0 Å². The number of hydrogen-bond donors (Lipinski definition) is 1. The molecule has 0 radical (unpaired) electrons. The fraction of sp³-hybridized carbons (Fsp3) is 0.800. The van der Waals surface area contributed by atoms with E-state index in [4.69, 9.17) is 4.52 Å². The van der Waals surface area contributed by atoms with Gasteiger partial charge in [-0.1, -0.05) is 20.8 Å². The summed E-state index contributed by atoms with van der Waals surface area (Å²) in [5, 5.41) is 13.1. The molecule has 5 nitrogen and oxygen atoms in total. The maximum atomic E-state index is 9.22. The summed E-state index contributed by atoms with van der Waals surface area (Å²) in [4.78, 5) is 6.04. The van der Waals surface area contributed by atoms with Gasteiger partial charge in [0.2, 0.25) is 5.89 Å². The minimum atomic E-state index is -0.411. The minimum absolute atomic E-state index is 0.142. The van der Waals surface area contributed by atoms with Crippen molar-refractivity contribution in [3.63, 3.8) is 0 Å². The van der Waals surface area contributed by atoms with E-state index in [0.717, 1.165) is 0 Å². The summed E-state index contributed by atoms with van der Waals surface area (Å²) in [5.74, 6) is 1.12. The lowest BCUT2D eigenvalue weighted by atomic mass is 9.97. The molecule has 86 valence electrons. The van der Waals surface area contributed by atoms with Gasteiger partial charge in [0.25, 0.3) is 5.95 Å². The predicted molar refractivity (Wildman–Crippen MR) is 57.9 cm³/mol. The van der Waals surface area contributed by atoms with Crippen LogP contribution >= 0.6 is 0 Å². The second kappa shape index (κ2) is 4.18. The smallest absolute Gasteiger partial charge is 0.265 e. The Morgan fingerprint density at radius 2 is 2.07 bits per heavy atom. The third-order valence-electron chi connectivity index (χ3n) is 1.94. The molecule has 1 rings (SSSR count). The number of aromatic nitrogens is 2. The highest BCUT2D eigenvalue weighted by Gasteiger charge is 2.22. The van der Waals surface area contributed by atoms with Crippen molar-refractivity contribution in [3.05, 3.63) is 5.89 Å². The third kappa shape index (κ3) is 3.20. The molecule has 0 saturated carbocycles. The van der Waals surface area contributed by atoms with Crippen molar-refractivity contribution >= 4 is 5.95 Å². The molecule has 5 heteroatoms. The number of aliphatic hydroxyl groups is 1. The van der Waals surface area contributed by atoms with Crippen molar-refractivity contribution in [3.8, 4) is 0 Å². The van der Waals surface area contributed by atoms with E-state index in [0.29, 0.717) is 18.4 Å². The Kier molecular flexibility index (Phi) is 3.34. The molecule has 1 unspecified atom stereocenters. The molecule has 0 aliphatic heterocycles. The van der Waals surface area contributed by atoms with Gasteiger partial charge in [-0.3, -0.25) is 0 Å². The first-order valence-electron chi connectivity index (χ1n) is 5.04. The zero-order valence-electron chi connectivity index (χ0n) is 9.98. The normalized spacial score (nSPS) is 14.0. The van der Waals surface area contributed by atoms with Gasteiger partial charge in [0.05, 0.1) is 6.10 Å². The molecule has 0 amide bonds. The molecule has 1 atom stereocenters. The Morgan fingerprint density at radius 1 is 1.47 bits per heavy atom. The lowest BCUT2D eigenvalue weighted by Gasteiger charge is -2.15. The fourth-order valence-corrected chi connectivity index (χ4v) is 1.15. The standard InChI is InChI=1S/C10H19N3O2/c1-7(14)6-13(5)9-11-8(15-12-9)10(2,3)4/h7,14H,6H2,1-5H3. The molecular weight excluding hydrogens is 194 g/mol. The zero-order chi connectivity index (χ0) is 11.6. The van der Waals surface area contributed by atoms with Crippen LogP contribution in [-0.4, -0.2) is 34.9 Å². The lowest BCUT2D eigenvalue weighted by Crippen LogP contribution is -2.27. The molecule has 1 heterocycles. The van der Waals surface area contributed by atoms with Crippen LogP contribution in [0.5, 0.6) is 0 Å². The van der Waals surface area contributed by atoms with E-state index in [1.165, 1.54) is 0 Å². The third-order valence-corrected chi connectivity index (χ3v) is 1.94. The molecule has 15 heavy (non-hydrogen) atoms. The Labute approximate surface area is 90.1 Å². The highest BCUT2D eigenvalue weighted by molar-refractivity contribution is 5.26. The second-order valence-corrected chi connectivity index (χ2v) is 4.88. The highest BCUT2D eigenvalue weighted by atomic mass is 16.5. The number of likely N-dealkylation sites (N-methyl/N-ethyl adjacent to an activating group) is 1. The van der Waals surface area contributed by atoms with Gasteiger partial charge in [-0.15, -0.1) is 0 Å². The molecule has 0 fully saturated rings. The van der Waals surface area contributed by atoms with Crippen molar-refractivity contribution < 1.29 is 9.63 Å². The molecule has 0 aliphatic rings. The van der Waals surface area contributed by atoms with E-state index in [-0.39, 0.29) is 5.41 Å². The lowest BCUT2D eigenvalue weighted by molar-refractivity contribution is 0.201. The van der Waals surface area contributed by atoms with Crippen LogP contribution in [0.15, 0.2) is 4.52 Å². The van der Waals surface area contributed by atoms with Crippen LogP contribution in [0.4, 0.5) is 5.95 Å². The monoisotopic (exact) mass is 213 g/mol. The van der Waals surface area contributed by atoms with Gasteiger partial charge in [0.15, 0.2) is 0 Å². The summed E-state index contributed by atoms with van der Waals surface area (Å²) in [6.45, 7) is 8.25. The molecular formula is C10H19N3O2. The number of nitrogens with zero attached hydrogens (tertiary/aromatic N) is 3. The first-order chi connectivity index (χ1) is 6.80. The number of hydrogen-bond acceptors (Lipinski definition) is 5. The molecule has 0 aromatic carbocycles. The summed E-state index contributed by atoms with van der Waals surface area (Å²) >= 11 is 0. The average molecular weight is 213 g/mol. The predicted octanol–water partition coefficient (Wildman–Crippen LogP) is 1.18. The molecule has 1 N–H and O–H groups in total. The van der Waals surface area contributed by atoms with Crippen molar-refractivity contribution in [1.29, 1.82) is 0 Å². The van der Waals surface area contributed by atoms with Gasteiger partial charge in [0, 0.05) is 19.0 Å². The quantitative estimate of drug-likeness (QED) is 0.817. The van der Waals surface area contributed by atoms with Crippen LogP contribution in [0.3, 0.4) is 0 Å². The second-order valence-electron chi connectivity index (χ2n) is 4.88. The maximum absolute atomic E-state index is 9.22. The molecule has 1 aromatic rings. The SMILES string of the molecule is CC(O)CN(C)c1noc(C(C)(C)C)n1. The molecule has 0 bridgehead atoms. The minimum Gasteiger partial charge on any atom is -0.392 e. The van der Waals surface area contributed by atoms with Crippen LogP contribution in [0.2, 0.25) is 0 Å². The Hall–Kier alpha value is -1.10. The first kappa shape index (κ1) is 12.0. The average Bonchev–Trinajstić information content (AvgIpc) is 2.48. The van der Waals surface area contributed by atoms with Crippen LogP contribution in [0.25, 0.3) is 0 Å². The number of anilines is 1. The van der Waals surface area contributed by atoms with Crippen molar-refractivity contribution in [1.82, 2.24) is 10.1 Å². The summed E-state index contributed by atoms with van der Waals surface area (Å²) in [6.07, 6.45) is -0.411. The van der Waals surface area contributed by atoms with E-state index in [1.807, 2.05) is 27.8 Å². The summed E-state index contributed by atoms with van der Waals surface area (Å²) < 4.78 is 5.15. The van der Waals surface area contributed by atoms with Crippen LogP contribution in [-0.2, 0) is 5.41 Å². The zero-order valence-corrected chi connectivity index (χ0v) is 9.98. The molecule has 0 saturated heterocycles. The van der Waals surface area contributed by atoms with E-state index in [1.54, 1.807) is 11.8 Å². The van der Waals surface area contributed by atoms with E-state index < -0.39 is 6.10 Å². The van der Waals surface area contributed by atoms with Gasteiger partial charge in [-0.2, -0.15) is 4.98 Å². The summed E-state index contributed by atoms with van der Waals surface area (Å²) in [5.41, 5.74) is -0.142. The van der Waals surface area contributed by atoms with Gasteiger partial charge in [-0.25, -0.2) is 0 Å². The Balaban J connectivity index is 2.76. The summed E-state index contributed by atoms with van der Waals surface area (Å²) in [6, 6.07) is 0. The van der Waals surface area contributed by atoms with Crippen molar-refractivity contribution in [2.75, 3.05) is 18.5 Å². The van der Waals surface area contributed by atoms with E-state index in [2.05, 4.69) is 10.1 Å². The maximum Gasteiger partial charge on any atom is 0.265 e. The van der Waals surface area contributed by atoms with Gasteiger partial charge >= 0.3 is 0 Å². The molecule has 0 aliphatic carbocycles. The highest BCUT2D eigenvalue weighted by Crippen LogP contribution is 2.21. The number of rotatable bonds is 3. The van der Waals surface area contributed by atoms with Crippen LogP contribution < -0.4 is 4.90 Å². The van der Waals surface area contributed by atoms with E-state index >= 15 is 0 Å². The molecule has 1 aromatic heterocycles. The van der Waals surface area contributed by atoms with Crippen molar-refractivity contribution in [2.45, 2.75) is 39.2 Å². The van der Waals surface area contributed by atoms with E-state index in [9.17, 15) is 5.11 Å². The fourth-order valence-electron chi connectivity index (χ4n) is 1.15. The largest absolute Gasteiger partial charge is 0.392 e. The molecule has 0 spiro atoms. The topological polar surface area (TPSA) is 62.4 Å².